The summed E-state index contributed by atoms with van der Waals surface area (Å²) in [7, 11) is 1.56. The first-order chi connectivity index (χ1) is 9.03. The predicted octanol–water partition coefficient (Wildman–Crippen LogP) is 3.48. The molecule has 1 aromatic rings. The Morgan fingerprint density at radius 3 is 2.58 bits per heavy atom. The molecule has 0 aliphatic carbocycles. The first-order valence-electron chi connectivity index (χ1n) is 6.62. The Morgan fingerprint density at radius 2 is 2.11 bits per heavy atom. The van der Waals surface area contributed by atoms with E-state index in [0.29, 0.717) is 17.7 Å². The summed E-state index contributed by atoms with van der Waals surface area (Å²) in [6.45, 7) is 6.00. The lowest BCUT2D eigenvalue weighted by Crippen LogP contribution is -2.14. The fourth-order valence-electron chi connectivity index (χ4n) is 2.06. The van der Waals surface area contributed by atoms with Gasteiger partial charge in [-0.3, -0.25) is 4.79 Å². The molecule has 0 fully saturated rings. The molecule has 1 rings (SSSR count). The third-order valence-corrected chi connectivity index (χ3v) is 3.07. The summed E-state index contributed by atoms with van der Waals surface area (Å²) in [6.07, 6.45) is 1.28. The summed E-state index contributed by atoms with van der Waals surface area (Å²) in [5.41, 5.74) is 1.79. The van der Waals surface area contributed by atoms with Crippen molar-refractivity contribution >= 4 is 5.78 Å². The maximum Gasteiger partial charge on any atom is 0.154 e. The number of carbonyl (C=O) groups excluding carboxylic acids is 1. The number of carbonyl (C=O) groups is 1. The van der Waals surface area contributed by atoms with Gasteiger partial charge in [0.15, 0.2) is 5.78 Å². The van der Waals surface area contributed by atoms with E-state index in [9.17, 15) is 10.1 Å². The Kier molecular flexibility index (Phi) is 5.57. The second-order valence-corrected chi connectivity index (χ2v) is 5.06. The average Bonchev–Trinajstić information content (AvgIpc) is 2.38. The van der Waals surface area contributed by atoms with Crippen molar-refractivity contribution < 1.29 is 9.53 Å². The highest BCUT2D eigenvalue weighted by Crippen LogP contribution is 2.30. The summed E-state index contributed by atoms with van der Waals surface area (Å²) < 4.78 is 5.28. The van der Waals surface area contributed by atoms with Crippen LogP contribution in [0.3, 0.4) is 0 Å². The molecule has 1 atom stereocenters. The fraction of sp³-hybridized carbons (Fsp3) is 0.500. The van der Waals surface area contributed by atoms with Gasteiger partial charge in [-0.05, 0) is 24.0 Å². The Hall–Kier alpha value is -1.82. The number of hydrogen-bond acceptors (Lipinski definition) is 3. The van der Waals surface area contributed by atoms with Crippen LogP contribution >= 0.6 is 0 Å². The van der Waals surface area contributed by atoms with Crippen LogP contribution in [-0.4, -0.2) is 12.9 Å². The molecular formula is C16H21NO2. The highest BCUT2D eigenvalue weighted by Gasteiger charge is 2.24. The molecule has 0 aliphatic heterocycles. The lowest BCUT2D eigenvalue weighted by molar-refractivity contribution is -0.120. The highest BCUT2D eigenvalue weighted by molar-refractivity contribution is 5.89. The Labute approximate surface area is 115 Å². The van der Waals surface area contributed by atoms with E-state index in [-0.39, 0.29) is 11.7 Å². The van der Waals surface area contributed by atoms with Crippen LogP contribution in [0, 0.1) is 17.2 Å². The number of nitrogens with zero attached hydrogens (tertiary/aromatic N) is 1. The molecule has 0 saturated carbocycles. The highest BCUT2D eigenvalue weighted by atomic mass is 16.5. The van der Waals surface area contributed by atoms with Crippen LogP contribution in [-0.2, 0) is 11.2 Å². The van der Waals surface area contributed by atoms with Crippen molar-refractivity contribution in [1.82, 2.24) is 0 Å². The maximum atomic E-state index is 12.2. The number of nitriles is 1. The number of ether oxygens (including phenoxy) is 1. The third-order valence-electron chi connectivity index (χ3n) is 3.07. The zero-order valence-corrected chi connectivity index (χ0v) is 12.1. The van der Waals surface area contributed by atoms with Crippen LogP contribution in [0.25, 0.3) is 0 Å². The molecular weight excluding hydrogens is 238 g/mol. The minimum atomic E-state index is -0.733. The predicted molar refractivity (Wildman–Crippen MR) is 75.2 cm³/mol. The number of aryl methyl sites for hydroxylation is 1. The monoisotopic (exact) mass is 259 g/mol. The molecule has 1 unspecified atom stereocenters. The summed E-state index contributed by atoms with van der Waals surface area (Å²) in [6, 6.07) is 7.82. The van der Waals surface area contributed by atoms with Crippen LogP contribution in [0.4, 0.5) is 0 Å². The lowest BCUT2D eigenvalue weighted by atomic mass is 9.89. The van der Waals surface area contributed by atoms with Gasteiger partial charge in [0.25, 0.3) is 0 Å². The molecule has 0 saturated heterocycles. The largest absolute Gasteiger partial charge is 0.496 e. The van der Waals surface area contributed by atoms with Gasteiger partial charge in [0.2, 0.25) is 0 Å². The standard InChI is InChI=1S/C16H21NO2/c1-5-12-6-7-16(19-4)13(9-12)14(10-17)15(18)8-11(2)3/h6-7,9,11,14H,5,8H2,1-4H3. The molecule has 0 heterocycles. The van der Waals surface area contributed by atoms with Crippen molar-refractivity contribution in [3.8, 4) is 11.8 Å². The fourth-order valence-corrected chi connectivity index (χ4v) is 2.06. The van der Waals surface area contributed by atoms with Crippen molar-refractivity contribution in [1.29, 1.82) is 5.26 Å². The maximum absolute atomic E-state index is 12.2. The molecule has 0 amide bonds. The van der Waals surface area contributed by atoms with Gasteiger partial charge >= 0.3 is 0 Å². The molecule has 1 aromatic carbocycles. The zero-order chi connectivity index (χ0) is 14.4. The van der Waals surface area contributed by atoms with E-state index in [1.54, 1.807) is 7.11 Å². The van der Waals surface area contributed by atoms with E-state index in [2.05, 4.69) is 6.07 Å². The molecule has 0 aromatic heterocycles. The molecule has 19 heavy (non-hydrogen) atoms. The summed E-state index contributed by atoms with van der Waals surface area (Å²) in [5.74, 6) is 0.0949. The number of rotatable bonds is 6. The smallest absolute Gasteiger partial charge is 0.154 e. The minimum absolute atomic E-state index is 0.0379. The van der Waals surface area contributed by atoms with Gasteiger partial charge in [-0.25, -0.2) is 0 Å². The van der Waals surface area contributed by atoms with Crippen LogP contribution in [0.1, 0.15) is 44.2 Å². The second kappa shape index (κ2) is 6.94. The van der Waals surface area contributed by atoms with E-state index in [4.69, 9.17) is 4.74 Å². The third kappa shape index (κ3) is 3.82. The molecule has 0 radical (unpaired) electrons. The first-order valence-corrected chi connectivity index (χ1v) is 6.62. The van der Waals surface area contributed by atoms with Gasteiger partial charge < -0.3 is 4.74 Å². The molecule has 0 bridgehead atoms. The van der Waals surface area contributed by atoms with E-state index in [1.807, 2.05) is 39.0 Å². The lowest BCUT2D eigenvalue weighted by Gasteiger charge is -2.15. The van der Waals surface area contributed by atoms with E-state index in [0.717, 1.165) is 12.0 Å². The van der Waals surface area contributed by atoms with E-state index >= 15 is 0 Å². The number of Topliss-reactive ketones (excluding diaryl/α,β-unsaturated/α-hetero) is 1. The Balaban J connectivity index is 3.16. The van der Waals surface area contributed by atoms with Crippen LogP contribution in [0.2, 0.25) is 0 Å². The summed E-state index contributed by atoms with van der Waals surface area (Å²) in [5, 5.41) is 9.32. The SMILES string of the molecule is CCc1ccc(OC)c(C(C#N)C(=O)CC(C)C)c1. The zero-order valence-electron chi connectivity index (χ0n) is 12.1. The van der Waals surface area contributed by atoms with Crippen molar-refractivity contribution in [3.63, 3.8) is 0 Å². The first kappa shape index (κ1) is 15.2. The van der Waals surface area contributed by atoms with Gasteiger partial charge in [-0.2, -0.15) is 5.26 Å². The molecule has 0 aliphatic rings. The van der Waals surface area contributed by atoms with Gasteiger partial charge in [-0.15, -0.1) is 0 Å². The number of hydrogen-bond donors (Lipinski definition) is 0. The van der Waals surface area contributed by atoms with Crippen molar-refractivity contribution in [3.05, 3.63) is 29.3 Å². The second-order valence-electron chi connectivity index (χ2n) is 5.06. The Bertz CT molecular complexity index is 486. The normalized spacial score (nSPS) is 12.0. The van der Waals surface area contributed by atoms with Gasteiger partial charge in [0, 0.05) is 12.0 Å². The van der Waals surface area contributed by atoms with E-state index < -0.39 is 5.92 Å². The van der Waals surface area contributed by atoms with Crippen molar-refractivity contribution in [2.24, 2.45) is 5.92 Å². The average molecular weight is 259 g/mol. The number of benzene rings is 1. The summed E-state index contributed by atoms with van der Waals surface area (Å²) in [4.78, 5) is 12.2. The molecule has 3 heteroatoms. The van der Waals surface area contributed by atoms with Crippen molar-refractivity contribution in [2.45, 2.75) is 39.5 Å². The van der Waals surface area contributed by atoms with Crippen LogP contribution < -0.4 is 4.74 Å². The van der Waals surface area contributed by atoms with Crippen LogP contribution in [0.5, 0.6) is 5.75 Å². The number of ketones is 1. The van der Waals surface area contributed by atoms with Crippen molar-refractivity contribution in [2.75, 3.05) is 7.11 Å². The minimum Gasteiger partial charge on any atom is -0.496 e. The van der Waals surface area contributed by atoms with Gasteiger partial charge in [0.05, 0.1) is 13.2 Å². The number of methoxy groups -OCH3 is 1. The van der Waals surface area contributed by atoms with Gasteiger partial charge in [-0.1, -0.05) is 32.9 Å². The topological polar surface area (TPSA) is 50.1 Å². The Morgan fingerprint density at radius 1 is 1.42 bits per heavy atom. The molecule has 3 nitrogen and oxygen atoms in total. The summed E-state index contributed by atoms with van der Waals surface area (Å²) >= 11 is 0. The quantitative estimate of drug-likeness (QED) is 0.785. The van der Waals surface area contributed by atoms with E-state index in [1.165, 1.54) is 0 Å². The molecule has 0 spiro atoms. The van der Waals surface area contributed by atoms with Gasteiger partial charge in [0.1, 0.15) is 11.7 Å². The molecule has 102 valence electrons. The van der Waals surface area contributed by atoms with Crippen LogP contribution in [0.15, 0.2) is 18.2 Å². The molecule has 0 N–H and O–H groups in total.